The molecule has 6 aromatic carbocycles. The number of nitrogens with zero attached hydrogens (tertiary/aromatic N) is 9. The summed E-state index contributed by atoms with van der Waals surface area (Å²) in [5.41, 5.74) is 4.96. The van der Waals surface area contributed by atoms with Crippen LogP contribution in [-0.4, -0.2) is 182 Å². The summed E-state index contributed by atoms with van der Waals surface area (Å²) in [6.45, 7) is 5.24. The summed E-state index contributed by atoms with van der Waals surface area (Å²) in [5, 5.41) is 20.0. The Kier molecular flexibility index (Phi) is 26.6. The zero-order chi connectivity index (χ0) is 72.2. The van der Waals surface area contributed by atoms with Crippen molar-refractivity contribution in [3.63, 3.8) is 0 Å². The van der Waals surface area contributed by atoms with Crippen LogP contribution in [0.5, 0.6) is 17.2 Å². The SMILES string of the molecule is CN(C)C/C=C/C(=O)Nc1cc2c(Nc3ccc(F)c(Cl)c3)ncnc2cc1O[C@H]1CCOC1.CN(C)C/C=C/C(=O)Nc1cc2c(Nc3ccc(F)c(Cl)c3)ncnc2cc1O[C@H]1CCOC1.CN(C)C/C=C/C(=O)Nc1cc2c(Nc3ccc(F)c(Cl)c3)ncnc2cc1O[C@H]1CCOC1. The number of aromatic nitrogens is 6. The Morgan fingerprint density at radius 3 is 0.971 bits per heavy atom. The van der Waals surface area contributed by atoms with Crippen molar-refractivity contribution in [3.05, 3.63) is 179 Å². The van der Waals surface area contributed by atoms with Crippen LogP contribution in [0.2, 0.25) is 15.1 Å². The molecule has 3 fully saturated rings. The number of carbonyl (C=O) groups excluding carboxylic acids is 3. The first-order chi connectivity index (χ1) is 49.2. The third kappa shape index (κ3) is 21.6. The highest BCUT2D eigenvalue weighted by atomic mass is 35.5. The van der Waals surface area contributed by atoms with Crippen LogP contribution in [0.1, 0.15) is 19.3 Å². The van der Waals surface area contributed by atoms with Crippen LogP contribution in [0.4, 0.5) is 64.7 Å². The van der Waals surface area contributed by atoms with Crippen LogP contribution in [-0.2, 0) is 28.6 Å². The molecule has 0 spiro atoms. The molecule has 3 atom stereocenters. The Morgan fingerprint density at radius 1 is 0.441 bits per heavy atom. The van der Waals surface area contributed by atoms with E-state index in [1.165, 1.54) is 73.6 Å². The van der Waals surface area contributed by atoms with Gasteiger partial charge in [0.2, 0.25) is 17.7 Å². The second-order valence-electron chi connectivity index (χ2n) is 24.3. The van der Waals surface area contributed by atoms with Crippen molar-refractivity contribution in [2.75, 3.05) is 133 Å². The lowest BCUT2D eigenvalue weighted by molar-refractivity contribution is -0.112. The molecule has 12 rings (SSSR count). The molecular weight excluding hydrogens is 1380 g/mol. The molecule has 0 aliphatic carbocycles. The fraction of sp³-hybridized carbons (Fsp3) is 0.292. The van der Waals surface area contributed by atoms with E-state index in [0.717, 1.165) is 19.3 Å². The number of halogens is 6. The first-order valence-electron chi connectivity index (χ1n) is 32.3. The van der Waals surface area contributed by atoms with Crippen molar-refractivity contribution >= 4 is 137 Å². The van der Waals surface area contributed by atoms with Gasteiger partial charge in [-0.3, -0.25) is 14.4 Å². The van der Waals surface area contributed by atoms with E-state index in [4.69, 9.17) is 63.2 Å². The maximum absolute atomic E-state index is 13.6. The normalized spacial score (nSPS) is 15.9. The number of ether oxygens (including phenoxy) is 6. The summed E-state index contributed by atoms with van der Waals surface area (Å²) < 4.78 is 75.3. The Labute approximate surface area is 601 Å². The lowest BCUT2D eigenvalue weighted by Gasteiger charge is -2.17. The van der Waals surface area contributed by atoms with Gasteiger partial charge in [-0.15, -0.1) is 0 Å². The van der Waals surface area contributed by atoms with Crippen molar-refractivity contribution in [1.29, 1.82) is 0 Å². The van der Waals surface area contributed by atoms with Crippen molar-refractivity contribution in [2.24, 2.45) is 0 Å². The van der Waals surface area contributed by atoms with E-state index < -0.39 is 17.5 Å². The van der Waals surface area contributed by atoms with Gasteiger partial charge >= 0.3 is 0 Å². The van der Waals surface area contributed by atoms with Gasteiger partial charge < -0.3 is 75.0 Å². The average molecular weight is 1460 g/mol. The summed E-state index contributed by atoms with van der Waals surface area (Å²) in [5.74, 6) is 0.511. The first-order valence-corrected chi connectivity index (χ1v) is 33.4. The molecule has 0 bridgehead atoms. The molecule has 102 heavy (non-hydrogen) atoms. The quantitative estimate of drug-likeness (QED) is 0.0307. The highest BCUT2D eigenvalue weighted by Crippen LogP contribution is 2.39. The third-order valence-corrected chi connectivity index (χ3v) is 16.2. The van der Waals surface area contributed by atoms with Gasteiger partial charge in [0.15, 0.2) is 0 Å². The molecule has 6 N–H and O–H groups in total. The van der Waals surface area contributed by atoms with Crippen LogP contribution in [0.25, 0.3) is 32.7 Å². The highest BCUT2D eigenvalue weighted by Gasteiger charge is 2.25. The number of likely N-dealkylation sites (N-methyl/N-ethyl adjacent to an activating group) is 3. The fourth-order valence-corrected chi connectivity index (χ4v) is 10.8. The number of fused-ring (bicyclic) bond motifs is 3. The predicted octanol–water partition coefficient (Wildman–Crippen LogP) is 13.2. The smallest absolute Gasteiger partial charge is 0.248 e. The number of benzene rings is 6. The molecule has 3 aliphatic heterocycles. The summed E-state index contributed by atoms with van der Waals surface area (Å²) in [7, 11) is 11.5. The molecule has 3 amide bonds. The van der Waals surface area contributed by atoms with Gasteiger partial charge in [0.1, 0.15) is 89.4 Å². The molecule has 3 saturated heterocycles. The molecule has 9 aromatic rings. The summed E-state index contributed by atoms with van der Waals surface area (Å²) in [6, 6.07) is 23.5. The minimum atomic E-state index is -0.509. The molecule has 534 valence electrons. The van der Waals surface area contributed by atoms with Gasteiger partial charge in [0.25, 0.3) is 0 Å². The summed E-state index contributed by atoms with van der Waals surface area (Å²) >= 11 is 17.7. The van der Waals surface area contributed by atoms with Gasteiger partial charge in [-0.1, -0.05) is 53.0 Å². The second-order valence-corrected chi connectivity index (χ2v) is 25.5. The summed E-state index contributed by atoms with van der Waals surface area (Å²) in [6.07, 6.45) is 16.0. The maximum Gasteiger partial charge on any atom is 0.248 e. The number of anilines is 9. The highest BCUT2D eigenvalue weighted by molar-refractivity contribution is 6.31. The van der Waals surface area contributed by atoms with Crippen molar-refractivity contribution in [1.82, 2.24) is 44.6 Å². The van der Waals surface area contributed by atoms with Crippen molar-refractivity contribution in [2.45, 2.75) is 37.6 Å². The van der Waals surface area contributed by atoms with E-state index in [-0.39, 0.29) is 51.1 Å². The standard InChI is InChI=1S/3C24H25ClFN5O3/c3*1-31(2)8-3-4-23(32)30-21-11-17-20(12-22(21)34-16-7-9-33-13-16)27-14-28-24(17)29-15-5-6-19(26)18(25)10-15/h3*3-6,10-12,14,16H,7-9,13H2,1-2H3,(H,30,32)(H,27,28,29)/b3*4-3+/t3*16-/m000/s1. The number of carbonyl (C=O) groups is 3. The molecule has 0 unspecified atom stereocenters. The third-order valence-electron chi connectivity index (χ3n) is 15.3. The van der Waals surface area contributed by atoms with Crippen LogP contribution in [0.3, 0.4) is 0 Å². The minimum Gasteiger partial charge on any atom is -0.486 e. The minimum absolute atomic E-state index is 0.00436. The van der Waals surface area contributed by atoms with E-state index in [1.54, 1.807) is 72.8 Å². The average Bonchev–Trinajstić information content (AvgIpc) is 1.07. The second kappa shape index (κ2) is 36.2. The van der Waals surface area contributed by atoms with E-state index >= 15 is 0 Å². The molecule has 30 heteroatoms. The lowest BCUT2D eigenvalue weighted by Crippen LogP contribution is -2.18. The van der Waals surface area contributed by atoms with Crippen LogP contribution in [0.15, 0.2) is 146 Å². The largest absolute Gasteiger partial charge is 0.486 e. The number of rotatable bonds is 24. The molecular formula is C72H75Cl3F3N15O9. The van der Waals surface area contributed by atoms with Crippen molar-refractivity contribution in [3.8, 4) is 17.2 Å². The van der Waals surface area contributed by atoms with E-state index in [1.807, 2.05) is 57.0 Å². The van der Waals surface area contributed by atoms with Crippen molar-refractivity contribution < 1.29 is 56.0 Å². The number of nitrogens with one attached hydrogen (secondary N) is 6. The van der Waals surface area contributed by atoms with Gasteiger partial charge in [-0.2, -0.15) is 0 Å². The maximum atomic E-state index is 13.6. The Hall–Kier alpha value is -9.81. The van der Waals surface area contributed by atoms with Gasteiger partial charge in [0.05, 0.1) is 88.3 Å². The Bertz CT molecular complexity index is 4090. The van der Waals surface area contributed by atoms with Gasteiger partial charge in [0, 0.05) is 109 Å². The van der Waals surface area contributed by atoms with Gasteiger partial charge in [-0.05, 0) is 115 Å². The number of amides is 3. The first kappa shape index (κ1) is 74.9. The molecule has 3 aromatic heterocycles. The summed E-state index contributed by atoms with van der Waals surface area (Å²) in [4.78, 5) is 69.6. The molecule has 0 saturated carbocycles. The van der Waals surface area contributed by atoms with Gasteiger partial charge in [-0.25, -0.2) is 43.1 Å². The number of hydrogen-bond donors (Lipinski definition) is 6. The van der Waals surface area contributed by atoms with Crippen LogP contribution in [0, 0.1) is 17.5 Å². The molecule has 3 aliphatic rings. The fourth-order valence-electron chi connectivity index (χ4n) is 10.3. The number of hydrogen-bond acceptors (Lipinski definition) is 21. The topological polar surface area (TPSA) is 266 Å². The van der Waals surface area contributed by atoms with E-state index in [2.05, 4.69) is 61.8 Å². The monoisotopic (exact) mass is 1460 g/mol. The van der Waals surface area contributed by atoms with Crippen LogP contribution < -0.4 is 46.1 Å². The molecule has 0 radical (unpaired) electrons. The Morgan fingerprint density at radius 2 is 0.725 bits per heavy atom. The zero-order valence-corrected chi connectivity index (χ0v) is 58.8. The zero-order valence-electron chi connectivity index (χ0n) is 56.5. The van der Waals surface area contributed by atoms with E-state index in [0.29, 0.717) is 161 Å². The van der Waals surface area contributed by atoms with E-state index in [9.17, 15) is 27.6 Å². The molecule has 24 nitrogen and oxygen atoms in total. The Balaban J connectivity index is 0.000000165. The lowest BCUT2D eigenvalue weighted by atomic mass is 10.1. The van der Waals surface area contributed by atoms with Crippen LogP contribution >= 0.6 is 34.8 Å². The predicted molar refractivity (Wildman–Crippen MR) is 391 cm³/mol. The molecule has 6 heterocycles.